The fourth-order valence-electron chi connectivity index (χ4n) is 2.49. The predicted molar refractivity (Wildman–Crippen MR) is 77.1 cm³/mol. The minimum Gasteiger partial charge on any atom is -0.354 e. The second kappa shape index (κ2) is 6.99. The van der Waals surface area contributed by atoms with Gasteiger partial charge < -0.3 is 16.0 Å². The molecule has 2 atom stereocenters. The summed E-state index contributed by atoms with van der Waals surface area (Å²) < 4.78 is 37.0. The van der Waals surface area contributed by atoms with Crippen LogP contribution >= 0.6 is 0 Å². The highest BCUT2D eigenvalue weighted by atomic mass is 19.4. The Hall–Kier alpha value is -2.09. The standard InChI is InChI=1S/C15H18F3N3O2/c16-15(17,18)9-21-8-11(6-13(21)22)14(23)20-7-12(19)10-4-2-1-3-5-10/h1-5,11-12H,6-9,19H2,(H,20,23). The van der Waals surface area contributed by atoms with E-state index in [0.29, 0.717) is 4.90 Å². The lowest BCUT2D eigenvalue weighted by Gasteiger charge is -2.18. The monoisotopic (exact) mass is 329 g/mol. The van der Waals surface area contributed by atoms with Crippen LogP contribution in [0.1, 0.15) is 18.0 Å². The first-order valence-electron chi connectivity index (χ1n) is 7.19. The summed E-state index contributed by atoms with van der Waals surface area (Å²) >= 11 is 0. The van der Waals surface area contributed by atoms with Crippen molar-refractivity contribution < 1.29 is 22.8 Å². The van der Waals surface area contributed by atoms with Crippen molar-refractivity contribution in [2.75, 3.05) is 19.6 Å². The van der Waals surface area contributed by atoms with Gasteiger partial charge in [-0.1, -0.05) is 30.3 Å². The van der Waals surface area contributed by atoms with Crippen LogP contribution in [0.3, 0.4) is 0 Å². The van der Waals surface area contributed by atoms with Gasteiger partial charge in [-0.3, -0.25) is 9.59 Å². The molecule has 1 saturated heterocycles. The molecule has 1 aliphatic rings. The Kier molecular flexibility index (Phi) is 5.25. The van der Waals surface area contributed by atoms with Crippen molar-refractivity contribution in [1.29, 1.82) is 0 Å². The van der Waals surface area contributed by atoms with Crippen molar-refractivity contribution in [2.45, 2.75) is 18.6 Å². The van der Waals surface area contributed by atoms with Crippen LogP contribution in [0.4, 0.5) is 13.2 Å². The summed E-state index contributed by atoms with van der Waals surface area (Å²) in [7, 11) is 0. The Balaban J connectivity index is 1.84. The molecule has 2 amide bonds. The van der Waals surface area contributed by atoms with Gasteiger partial charge in [0.25, 0.3) is 0 Å². The van der Waals surface area contributed by atoms with E-state index in [0.717, 1.165) is 5.56 Å². The maximum Gasteiger partial charge on any atom is 0.406 e. The van der Waals surface area contributed by atoms with E-state index in [1.807, 2.05) is 30.3 Å². The Morgan fingerprint density at radius 2 is 2.00 bits per heavy atom. The van der Waals surface area contributed by atoms with Crippen molar-refractivity contribution in [1.82, 2.24) is 10.2 Å². The van der Waals surface area contributed by atoms with Crippen LogP contribution in [0, 0.1) is 5.92 Å². The van der Waals surface area contributed by atoms with E-state index >= 15 is 0 Å². The van der Waals surface area contributed by atoms with E-state index in [2.05, 4.69) is 5.32 Å². The van der Waals surface area contributed by atoms with E-state index in [-0.39, 0.29) is 19.5 Å². The molecular weight excluding hydrogens is 311 g/mol. The quantitative estimate of drug-likeness (QED) is 0.853. The molecule has 0 saturated carbocycles. The third-order valence-electron chi connectivity index (χ3n) is 3.68. The Labute approximate surface area is 131 Å². The summed E-state index contributed by atoms with van der Waals surface area (Å²) in [6.45, 7) is -1.38. The fourth-order valence-corrected chi connectivity index (χ4v) is 2.49. The molecule has 1 aliphatic heterocycles. The molecule has 0 spiro atoms. The zero-order valence-corrected chi connectivity index (χ0v) is 12.3. The lowest BCUT2D eigenvalue weighted by atomic mass is 10.1. The number of likely N-dealkylation sites (tertiary alicyclic amines) is 1. The molecule has 8 heteroatoms. The van der Waals surface area contributed by atoms with Gasteiger partial charge in [0, 0.05) is 25.6 Å². The summed E-state index contributed by atoms with van der Waals surface area (Å²) in [5.74, 6) is -1.88. The molecule has 5 nitrogen and oxygen atoms in total. The van der Waals surface area contributed by atoms with Gasteiger partial charge in [0.2, 0.25) is 11.8 Å². The van der Waals surface area contributed by atoms with Gasteiger partial charge in [-0.25, -0.2) is 0 Å². The van der Waals surface area contributed by atoms with Gasteiger partial charge in [0.15, 0.2) is 0 Å². The van der Waals surface area contributed by atoms with Crippen molar-refractivity contribution in [3.63, 3.8) is 0 Å². The molecule has 1 heterocycles. The van der Waals surface area contributed by atoms with Crippen molar-refractivity contribution in [3.05, 3.63) is 35.9 Å². The molecule has 2 unspecified atom stereocenters. The van der Waals surface area contributed by atoms with Gasteiger partial charge in [-0.05, 0) is 5.56 Å². The van der Waals surface area contributed by atoms with Crippen molar-refractivity contribution in [2.24, 2.45) is 11.7 Å². The molecule has 1 aromatic rings. The molecule has 23 heavy (non-hydrogen) atoms. The molecule has 126 valence electrons. The first-order valence-corrected chi connectivity index (χ1v) is 7.19. The van der Waals surface area contributed by atoms with Crippen molar-refractivity contribution >= 4 is 11.8 Å². The Bertz CT molecular complexity index is 563. The Morgan fingerprint density at radius 3 is 2.61 bits per heavy atom. The van der Waals surface area contributed by atoms with Gasteiger partial charge in [0.1, 0.15) is 6.54 Å². The third kappa shape index (κ3) is 4.95. The summed E-state index contributed by atoms with van der Waals surface area (Å²) in [4.78, 5) is 24.2. The van der Waals surface area contributed by atoms with Crippen LogP contribution in [0.25, 0.3) is 0 Å². The number of nitrogens with two attached hydrogens (primary N) is 1. The van der Waals surface area contributed by atoms with E-state index in [4.69, 9.17) is 5.73 Å². The van der Waals surface area contributed by atoms with E-state index in [9.17, 15) is 22.8 Å². The number of carbonyl (C=O) groups excluding carboxylic acids is 2. The first-order chi connectivity index (χ1) is 10.8. The average Bonchev–Trinajstić information content (AvgIpc) is 2.84. The minimum absolute atomic E-state index is 0.160. The lowest BCUT2D eigenvalue weighted by molar-refractivity contribution is -0.157. The highest BCUT2D eigenvalue weighted by Gasteiger charge is 2.40. The smallest absolute Gasteiger partial charge is 0.354 e. The van der Waals surface area contributed by atoms with Crippen molar-refractivity contribution in [3.8, 4) is 0 Å². The summed E-state index contributed by atoms with van der Waals surface area (Å²) in [6.07, 6.45) is -4.67. The number of carbonyl (C=O) groups is 2. The number of halogens is 3. The molecule has 3 N–H and O–H groups in total. The second-order valence-electron chi connectivity index (χ2n) is 5.55. The van der Waals surface area contributed by atoms with E-state index in [1.54, 1.807) is 0 Å². The number of nitrogens with one attached hydrogen (secondary N) is 1. The number of hydrogen-bond donors (Lipinski definition) is 2. The highest BCUT2D eigenvalue weighted by molar-refractivity contribution is 5.89. The molecule has 0 radical (unpaired) electrons. The molecule has 2 rings (SSSR count). The van der Waals surface area contributed by atoms with Crippen LogP contribution in [-0.4, -0.2) is 42.5 Å². The van der Waals surface area contributed by atoms with E-state index < -0.39 is 36.5 Å². The summed E-state index contributed by atoms with van der Waals surface area (Å²) in [5.41, 5.74) is 6.78. The number of nitrogens with zero attached hydrogens (tertiary/aromatic N) is 1. The maximum absolute atomic E-state index is 12.3. The molecule has 1 aromatic carbocycles. The highest BCUT2D eigenvalue weighted by Crippen LogP contribution is 2.24. The van der Waals surface area contributed by atoms with Crippen LogP contribution in [-0.2, 0) is 9.59 Å². The lowest BCUT2D eigenvalue weighted by Crippen LogP contribution is -2.39. The number of benzene rings is 1. The predicted octanol–water partition coefficient (Wildman–Crippen LogP) is 1.21. The van der Waals surface area contributed by atoms with Gasteiger partial charge >= 0.3 is 6.18 Å². The van der Waals surface area contributed by atoms with Crippen LogP contribution in [0.15, 0.2) is 30.3 Å². The maximum atomic E-state index is 12.3. The molecule has 1 fully saturated rings. The minimum atomic E-state index is -4.46. The molecule has 0 aromatic heterocycles. The number of alkyl halides is 3. The van der Waals surface area contributed by atoms with Gasteiger partial charge in [-0.15, -0.1) is 0 Å². The fraction of sp³-hybridized carbons (Fsp3) is 0.467. The zero-order valence-electron chi connectivity index (χ0n) is 12.3. The normalized spacial score (nSPS) is 19.7. The number of hydrogen-bond acceptors (Lipinski definition) is 3. The molecule has 0 aliphatic carbocycles. The van der Waals surface area contributed by atoms with Gasteiger partial charge in [-0.2, -0.15) is 13.2 Å². The SMILES string of the molecule is NC(CNC(=O)C1CC(=O)N(CC(F)(F)F)C1)c1ccccc1. The van der Waals surface area contributed by atoms with Gasteiger partial charge in [0.05, 0.1) is 5.92 Å². The zero-order chi connectivity index (χ0) is 17.0. The van der Waals surface area contributed by atoms with Crippen LogP contribution in [0.2, 0.25) is 0 Å². The number of amides is 2. The first kappa shape index (κ1) is 17.3. The Morgan fingerprint density at radius 1 is 1.35 bits per heavy atom. The second-order valence-corrected chi connectivity index (χ2v) is 5.55. The van der Waals surface area contributed by atoms with E-state index in [1.165, 1.54) is 0 Å². The summed E-state index contributed by atoms with van der Waals surface area (Å²) in [5, 5.41) is 2.60. The molecular formula is C15H18F3N3O2. The van der Waals surface area contributed by atoms with Crippen LogP contribution < -0.4 is 11.1 Å². The average molecular weight is 329 g/mol. The summed E-state index contributed by atoms with van der Waals surface area (Å²) in [6, 6.07) is 8.71. The topological polar surface area (TPSA) is 75.4 Å². The third-order valence-corrected chi connectivity index (χ3v) is 3.68. The number of rotatable bonds is 5. The largest absolute Gasteiger partial charge is 0.406 e. The van der Waals surface area contributed by atoms with Crippen LogP contribution in [0.5, 0.6) is 0 Å². The molecule has 0 bridgehead atoms.